The number of hydrogen-bond donors (Lipinski definition) is 1. The first-order valence-electron chi connectivity index (χ1n) is 5.25. The molecule has 0 aliphatic rings. The van der Waals surface area contributed by atoms with Gasteiger partial charge in [0.15, 0.2) is 0 Å². The van der Waals surface area contributed by atoms with Gasteiger partial charge in [0.05, 0.1) is 4.92 Å². The molecule has 0 radical (unpaired) electrons. The molecule has 2 aromatic rings. The molecule has 92 valence electrons. The van der Waals surface area contributed by atoms with Crippen molar-refractivity contribution in [2.75, 3.05) is 5.32 Å². The van der Waals surface area contributed by atoms with E-state index < -0.39 is 4.92 Å². The highest BCUT2D eigenvalue weighted by atomic mass is 35.5. The lowest BCUT2D eigenvalue weighted by atomic mass is 10.2. The number of pyridine rings is 1. The first-order chi connectivity index (χ1) is 8.68. The van der Waals surface area contributed by atoms with Gasteiger partial charge < -0.3 is 5.32 Å². The molecule has 1 aromatic carbocycles. The zero-order chi connectivity index (χ0) is 13.0. The molecule has 0 saturated heterocycles. The Morgan fingerprint density at radius 1 is 1.28 bits per heavy atom. The average molecular weight is 264 g/mol. The van der Waals surface area contributed by atoms with Gasteiger partial charge in [0.2, 0.25) is 5.82 Å². The van der Waals surface area contributed by atoms with Crippen molar-refractivity contribution in [3.8, 4) is 0 Å². The average Bonchev–Trinajstić information content (AvgIpc) is 2.38. The molecule has 0 aliphatic heterocycles. The van der Waals surface area contributed by atoms with Gasteiger partial charge in [-0.1, -0.05) is 29.8 Å². The molecule has 0 atom stereocenters. The molecule has 1 aromatic heterocycles. The zero-order valence-corrected chi connectivity index (χ0v) is 10.1. The number of rotatable bonds is 4. The van der Waals surface area contributed by atoms with Crippen molar-refractivity contribution in [2.45, 2.75) is 6.54 Å². The van der Waals surface area contributed by atoms with E-state index in [-0.39, 0.29) is 11.5 Å². The largest absolute Gasteiger partial charge is 0.360 e. The van der Waals surface area contributed by atoms with Crippen LogP contribution >= 0.6 is 11.6 Å². The smallest absolute Gasteiger partial charge is 0.311 e. The van der Waals surface area contributed by atoms with Crippen LogP contribution in [0.15, 0.2) is 42.6 Å². The van der Waals surface area contributed by atoms with Crippen molar-refractivity contribution in [3.63, 3.8) is 0 Å². The van der Waals surface area contributed by atoms with E-state index in [1.807, 2.05) is 18.2 Å². The maximum Gasteiger partial charge on any atom is 0.311 e. The Bertz CT molecular complexity index is 575. The molecular formula is C12H10ClN3O2. The van der Waals surface area contributed by atoms with Crippen LogP contribution in [-0.4, -0.2) is 9.91 Å². The highest BCUT2D eigenvalue weighted by Crippen LogP contribution is 2.22. The molecule has 0 aliphatic carbocycles. The fourth-order valence-electron chi connectivity index (χ4n) is 1.50. The summed E-state index contributed by atoms with van der Waals surface area (Å²) in [6, 6.07) is 10.2. The lowest BCUT2D eigenvalue weighted by molar-refractivity contribution is -0.384. The van der Waals surface area contributed by atoms with Crippen LogP contribution in [-0.2, 0) is 6.54 Å². The van der Waals surface area contributed by atoms with E-state index in [0.717, 1.165) is 5.56 Å². The minimum absolute atomic E-state index is 0.0513. The molecule has 0 unspecified atom stereocenters. The van der Waals surface area contributed by atoms with Crippen LogP contribution in [0.25, 0.3) is 0 Å². The van der Waals surface area contributed by atoms with Gasteiger partial charge >= 0.3 is 5.69 Å². The molecule has 1 N–H and O–H groups in total. The van der Waals surface area contributed by atoms with Gasteiger partial charge in [0.1, 0.15) is 0 Å². The van der Waals surface area contributed by atoms with E-state index >= 15 is 0 Å². The van der Waals surface area contributed by atoms with Crippen LogP contribution in [0.4, 0.5) is 11.5 Å². The lowest BCUT2D eigenvalue weighted by Crippen LogP contribution is -2.04. The summed E-state index contributed by atoms with van der Waals surface area (Å²) < 4.78 is 0. The molecule has 5 nitrogen and oxygen atoms in total. The number of nitrogens with one attached hydrogen (secondary N) is 1. The molecule has 0 bridgehead atoms. The van der Waals surface area contributed by atoms with Crippen molar-refractivity contribution >= 4 is 23.1 Å². The van der Waals surface area contributed by atoms with Crippen molar-refractivity contribution in [1.29, 1.82) is 0 Å². The highest BCUT2D eigenvalue weighted by Gasteiger charge is 2.13. The monoisotopic (exact) mass is 263 g/mol. The number of anilines is 1. The van der Waals surface area contributed by atoms with Crippen LogP contribution in [0.1, 0.15) is 5.56 Å². The SMILES string of the molecule is O=[N+]([O-])c1cccnc1NCc1ccccc1Cl. The number of aromatic nitrogens is 1. The Kier molecular flexibility index (Phi) is 3.74. The van der Waals surface area contributed by atoms with Crippen LogP contribution in [0.5, 0.6) is 0 Å². The van der Waals surface area contributed by atoms with Crippen LogP contribution < -0.4 is 5.32 Å². The predicted molar refractivity (Wildman–Crippen MR) is 69.7 cm³/mol. The molecule has 6 heteroatoms. The molecule has 18 heavy (non-hydrogen) atoms. The number of nitro groups is 1. The third-order valence-corrected chi connectivity index (χ3v) is 2.76. The summed E-state index contributed by atoms with van der Waals surface area (Å²) in [6.45, 7) is 0.386. The second-order valence-electron chi connectivity index (χ2n) is 3.57. The van der Waals surface area contributed by atoms with Crippen LogP contribution in [0.3, 0.4) is 0 Å². The maximum absolute atomic E-state index is 10.8. The van der Waals surface area contributed by atoms with Gasteiger partial charge in [0, 0.05) is 23.8 Å². The van der Waals surface area contributed by atoms with Crippen molar-refractivity contribution < 1.29 is 4.92 Å². The summed E-state index contributed by atoms with van der Waals surface area (Å²) >= 11 is 6.00. The normalized spacial score (nSPS) is 10.1. The van der Waals surface area contributed by atoms with E-state index in [1.54, 1.807) is 6.07 Å². The van der Waals surface area contributed by atoms with E-state index in [9.17, 15) is 10.1 Å². The Labute approximate surface area is 109 Å². The fraction of sp³-hybridized carbons (Fsp3) is 0.0833. The molecule has 2 rings (SSSR count). The Morgan fingerprint density at radius 3 is 2.78 bits per heavy atom. The first-order valence-corrected chi connectivity index (χ1v) is 5.63. The summed E-state index contributed by atoms with van der Waals surface area (Å²) in [5.41, 5.74) is 0.809. The summed E-state index contributed by atoms with van der Waals surface area (Å²) in [5, 5.41) is 14.3. The van der Waals surface area contributed by atoms with Crippen molar-refractivity contribution in [2.24, 2.45) is 0 Å². The Morgan fingerprint density at radius 2 is 2.06 bits per heavy atom. The van der Waals surface area contributed by atoms with E-state index in [0.29, 0.717) is 11.6 Å². The number of hydrogen-bond acceptors (Lipinski definition) is 4. The van der Waals surface area contributed by atoms with Gasteiger partial charge in [-0.2, -0.15) is 0 Å². The topological polar surface area (TPSA) is 68.1 Å². The van der Waals surface area contributed by atoms with E-state index in [2.05, 4.69) is 10.3 Å². The lowest BCUT2D eigenvalue weighted by Gasteiger charge is -2.07. The Hall–Kier alpha value is -2.14. The number of benzene rings is 1. The summed E-state index contributed by atoms with van der Waals surface area (Å²) in [4.78, 5) is 14.3. The van der Waals surface area contributed by atoms with Crippen molar-refractivity contribution in [1.82, 2.24) is 4.98 Å². The third-order valence-electron chi connectivity index (χ3n) is 2.39. The van der Waals surface area contributed by atoms with E-state index in [1.165, 1.54) is 18.3 Å². The zero-order valence-electron chi connectivity index (χ0n) is 9.34. The first kappa shape index (κ1) is 12.3. The number of nitrogens with zero attached hydrogens (tertiary/aromatic N) is 2. The molecule has 1 heterocycles. The molecule has 0 spiro atoms. The predicted octanol–water partition coefficient (Wildman–Crippen LogP) is 3.26. The van der Waals surface area contributed by atoms with Crippen LogP contribution in [0, 0.1) is 10.1 Å². The van der Waals surface area contributed by atoms with E-state index in [4.69, 9.17) is 11.6 Å². The second-order valence-corrected chi connectivity index (χ2v) is 3.98. The van der Waals surface area contributed by atoms with Gasteiger partial charge in [0.25, 0.3) is 0 Å². The van der Waals surface area contributed by atoms with Gasteiger partial charge in [-0.3, -0.25) is 10.1 Å². The van der Waals surface area contributed by atoms with Gasteiger partial charge in [-0.05, 0) is 17.7 Å². The maximum atomic E-state index is 10.8. The fourth-order valence-corrected chi connectivity index (χ4v) is 1.70. The second kappa shape index (κ2) is 5.46. The Balaban J connectivity index is 2.16. The van der Waals surface area contributed by atoms with Crippen LogP contribution in [0.2, 0.25) is 5.02 Å². The standard InChI is InChI=1S/C12H10ClN3O2/c13-10-5-2-1-4-9(10)8-15-12-11(16(17)18)6-3-7-14-12/h1-7H,8H2,(H,14,15). The van der Waals surface area contributed by atoms with Crippen molar-refractivity contribution in [3.05, 3.63) is 63.3 Å². The molecule has 0 fully saturated rings. The van der Waals surface area contributed by atoms with Gasteiger partial charge in [-0.25, -0.2) is 4.98 Å². The quantitative estimate of drug-likeness (QED) is 0.679. The molecule has 0 saturated carbocycles. The number of halogens is 1. The summed E-state index contributed by atoms with van der Waals surface area (Å²) in [6.07, 6.45) is 1.50. The minimum atomic E-state index is -0.470. The highest BCUT2D eigenvalue weighted by molar-refractivity contribution is 6.31. The van der Waals surface area contributed by atoms with Gasteiger partial charge in [-0.15, -0.1) is 0 Å². The summed E-state index contributed by atoms with van der Waals surface area (Å²) in [5.74, 6) is 0.238. The minimum Gasteiger partial charge on any atom is -0.360 e. The summed E-state index contributed by atoms with van der Waals surface area (Å²) in [7, 11) is 0. The molecule has 0 amide bonds. The molecular weight excluding hydrogens is 254 g/mol. The third kappa shape index (κ3) is 2.75.